The fourth-order valence-electron chi connectivity index (χ4n) is 5.57. The van der Waals surface area contributed by atoms with Crippen LogP contribution in [0.1, 0.15) is 79.7 Å². The number of nitrogens with zero attached hydrogens (tertiary/aromatic N) is 2. The van der Waals surface area contributed by atoms with Gasteiger partial charge in [-0.25, -0.2) is 4.79 Å². The van der Waals surface area contributed by atoms with Crippen molar-refractivity contribution >= 4 is 23.4 Å². The number of hydrogen-bond acceptors (Lipinski definition) is 6. The molecule has 1 saturated heterocycles. The van der Waals surface area contributed by atoms with E-state index in [-0.39, 0.29) is 12.0 Å². The normalized spacial score (nSPS) is 17.6. The molecule has 1 amide bonds. The molecule has 1 aliphatic carbocycles. The van der Waals surface area contributed by atoms with E-state index in [1.165, 1.54) is 0 Å². The van der Waals surface area contributed by atoms with Crippen LogP contribution in [-0.4, -0.2) is 35.4 Å². The van der Waals surface area contributed by atoms with E-state index in [9.17, 15) is 14.7 Å². The van der Waals surface area contributed by atoms with Gasteiger partial charge in [0.15, 0.2) is 5.76 Å². The number of aryl methyl sites for hydroxylation is 2. The van der Waals surface area contributed by atoms with E-state index in [0.29, 0.717) is 30.0 Å². The lowest BCUT2D eigenvalue weighted by Gasteiger charge is -2.33. The first-order chi connectivity index (χ1) is 18.3. The standard InChI is InChI=1S/C30H35N3O5/c1-4-21-7-5-6-8-25(21)20(3)37-29(36)31-26-19(2)32-38-27(26)22-13-17-33(18-14-22)24-11-9-23(10-12-24)30(15-16-30)28(34)35/h5-12,20,22H,4,13-18H2,1-3H3,(H,31,36)(H,34,35)/t20-/m1/s1. The molecule has 2 aliphatic rings. The van der Waals surface area contributed by atoms with Gasteiger partial charge in [0.05, 0.1) is 5.41 Å². The van der Waals surface area contributed by atoms with Gasteiger partial charge >= 0.3 is 12.1 Å². The number of carboxylic acids is 1. The molecule has 8 heteroatoms. The van der Waals surface area contributed by atoms with Crippen LogP contribution in [0.3, 0.4) is 0 Å². The second kappa shape index (κ2) is 10.5. The largest absolute Gasteiger partial charge is 0.481 e. The van der Waals surface area contributed by atoms with Crippen LogP contribution in [0.2, 0.25) is 0 Å². The molecule has 1 atom stereocenters. The molecule has 1 aliphatic heterocycles. The minimum atomic E-state index is -0.734. The van der Waals surface area contributed by atoms with Crippen molar-refractivity contribution < 1.29 is 24.0 Å². The number of hydrogen-bond donors (Lipinski definition) is 2. The Balaban J connectivity index is 1.20. The molecule has 2 heterocycles. The smallest absolute Gasteiger partial charge is 0.412 e. The van der Waals surface area contributed by atoms with Crippen molar-refractivity contribution in [1.82, 2.24) is 5.16 Å². The number of aromatic nitrogens is 1. The van der Waals surface area contributed by atoms with Crippen LogP contribution in [0.25, 0.3) is 0 Å². The Morgan fingerprint density at radius 2 is 1.84 bits per heavy atom. The van der Waals surface area contributed by atoms with Crippen molar-refractivity contribution in [1.29, 1.82) is 0 Å². The number of nitrogens with one attached hydrogen (secondary N) is 1. The zero-order valence-electron chi connectivity index (χ0n) is 22.2. The van der Waals surface area contributed by atoms with Crippen molar-refractivity contribution in [3.8, 4) is 0 Å². The number of carbonyl (C=O) groups is 2. The van der Waals surface area contributed by atoms with E-state index in [1.807, 2.05) is 56.3 Å². The molecule has 0 bridgehead atoms. The number of ether oxygens (including phenoxy) is 1. The number of carboxylic acid groups (broad SMARTS) is 1. The average Bonchev–Trinajstić information content (AvgIpc) is 3.68. The summed E-state index contributed by atoms with van der Waals surface area (Å²) in [5, 5.41) is 16.6. The second-order valence-corrected chi connectivity index (χ2v) is 10.4. The second-order valence-electron chi connectivity index (χ2n) is 10.4. The molecular weight excluding hydrogens is 482 g/mol. The number of aliphatic carboxylic acids is 1. The average molecular weight is 518 g/mol. The number of carbonyl (C=O) groups excluding carboxylic acids is 1. The monoisotopic (exact) mass is 517 g/mol. The maximum atomic E-state index is 12.8. The highest BCUT2D eigenvalue weighted by Gasteiger charge is 2.51. The molecule has 0 radical (unpaired) electrons. The van der Waals surface area contributed by atoms with Gasteiger partial charge in [-0.05, 0) is 74.8 Å². The summed E-state index contributed by atoms with van der Waals surface area (Å²) in [6.45, 7) is 7.43. The fraction of sp³-hybridized carbons (Fsp3) is 0.433. The summed E-state index contributed by atoms with van der Waals surface area (Å²) < 4.78 is 11.4. The summed E-state index contributed by atoms with van der Waals surface area (Å²) in [5.41, 5.74) is 4.67. The van der Waals surface area contributed by atoms with Crippen LogP contribution in [-0.2, 0) is 21.4 Å². The first kappa shape index (κ1) is 25.8. The molecular formula is C30H35N3O5. The van der Waals surface area contributed by atoms with Crippen molar-refractivity contribution in [2.75, 3.05) is 23.3 Å². The van der Waals surface area contributed by atoms with Gasteiger partial charge in [0.2, 0.25) is 0 Å². The van der Waals surface area contributed by atoms with Crippen molar-refractivity contribution in [3.05, 3.63) is 76.7 Å². The topological polar surface area (TPSA) is 105 Å². The predicted molar refractivity (Wildman–Crippen MR) is 145 cm³/mol. The summed E-state index contributed by atoms with van der Waals surface area (Å²) in [7, 11) is 0. The quantitative estimate of drug-likeness (QED) is 0.358. The molecule has 0 unspecified atom stereocenters. The van der Waals surface area contributed by atoms with E-state index in [2.05, 4.69) is 28.4 Å². The lowest BCUT2D eigenvalue weighted by molar-refractivity contribution is -0.140. The summed E-state index contributed by atoms with van der Waals surface area (Å²) in [6.07, 6.45) is 3.07. The summed E-state index contributed by atoms with van der Waals surface area (Å²) in [5.74, 6) is 0.0807. The first-order valence-corrected chi connectivity index (χ1v) is 13.4. The third kappa shape index (κ3) is 4.99. The number of amides is 1. The zero-order chi connectivity index (χ0) is 26.9. The van der Waals surface area contributed by atoms with Crippen LogP contribution in [0.5, 0.6) is 0 Å². The van der Waals surface area contributed by atoms with Crippen LogP contribution in [0.4, 0.5) is 16.2 Å². The molecule has 3 aromatic rings. The third-order valence-corrected chi connectivity index (χ3v) is 8.08. The summed E-state index contributed by atoms with van der Waals surface area (Å²) >= 11 is 0. The number of benzene rings is 2. The van der Waals surface area contributed by atoms with Crippen LogP contribution >= 0.6 is 0 Å². The Hall–Kier alpha value is -3.81. The molecule has 0 spiro atoms. The highest BCUT2D eigenvalue weighted by atomic mass is 16.6. The zero-order valence-corrected chi connectivity index (χ0v) is 22.2. The first-order valence-electron chi connectivity index (χ1n) is 13.4. The Labute approximate surface area is 223 Å². The van der Waals surface area contributed by atoms with E-state index < -0.39 is 17.5 Å². The molecule has 1 saturated carbocycles. The van der Waals surface area contributed by atoms with Crippen molar-refractivity contribution in [3.63, 3.8) is 0 Å². The number of rotatable bonds is 8. The Bertz CT molecular complexity index is 1300. The van der Waals surface area contributed by atoms with Gasteiger partial charge in [-0.2, -0.15) is 0 Å². The van der Waals surface area contributed by atoms with Crippen LogP contribution in [0, 0.1) is 6.92 Å². The van der Waals surface area contributed by atoms with Crippen molar-refractivity contribution in [2.24, 2.45) is 0 Å². The van der Waals surface area contributed by atoms with Crippen molar-refractivity contribution in [2.45, 2.75) is 70.3 Å². The molecule has 38 heavy (non-hydrogen) atoms. The Kier molecular flexibility index (Phi) is 7.15. The summed E-state index contributed by atoms with van der Waals surface area (Å²) in [4.78, 5) is 26.7. The number of piperidine rings is 1. The fourth-order valence-corrected chi connectivity index (χ4v) is 5.57. The van der Waals surface area contributed by atoms with Crippen LogP contribution in [0.15, 0.2) is 53.1 Å². The van der Waals surface area contributed by atoms with Gasteiger partial charge in [0, 0.05) is 24.7 Å². The Morgan fingerprint density at radius 3 is 2.47 bits per heavy atom. The van der Waals surface area contributed by atoms with Gasteiger partial charge in [-0.15, -0.1) is 0 Å². The summed E-state index contributed by atoms with van der Waals surface area (Å²) in [6, 6.07) is 15.9. The van der Waals surface area contributed by atoms with Gasteiger partial charge in [0.1, 0.15) is 17.5 Å². The molecule has 1 aromatic heterocycles. The predicted octanol–water partition coefficient (Wildman–Crippen LogP) is 6.36. The maximum absolute atomic E-state index is 12.8. The molecule has 2 aromatic carbocycles. The Morgan fingerprint density at radius 1 is 1.16 bits per heavy atom. The molecule has 8 nitrogen and oxygen atoms in total. The van der Waals surface area contributed by atoms with E-state index in [0.717, 1.165) is 54.7 Å². The highest BCUT2D eigenvalue weighted by Crippen LogP contribution is 2.48. The third-order valence-electron chi connectivity index (χ3n) is 8.08. The lowest BCUT2D eigenvalue weighted by atomic mass is 9.92. The van der Waals surface area contributed by atoms with E-state index >= 15 is 0 Å². The van der Waals surface area contributed by atoms with Gasteiger partial charge in [-0.1, -0.05) is 48.5 Å². The molecule has 5 rings (SSSR count). The van der Waals surface area contributed by atoms with Gasteiger partial charge < -0.3 is 19.3 Å². The molecule has 200 valence electrons. The van der Waals surface area contributed by atoms with Crippen LogP contribution < -0.4 is 10.2 Å². The van der Waals surface area contributed by atoms with E-state index in [1.54, 1.807) is 0 Å². The van der Waals surface area contributed by atoms with Gasteiger partial charge in [-0.3, -0.25) is 10.1 Å². The minimum Gasteiger partial charge on any atom is -0.481 e. The van der Waals surface area contributed by atoms with Gasteiger partial charge in [0.25, 0.3) is 0 Å². The molecule has 2 fully saturated rings. The SMILES string of the molecule is CCc1ccccc1[C@@H](C)OC(=O)Nc1c(C)noc1C1CCN(c2ccc(C3(C(=O)O)CC3)cc2)CC1. The van der Waals surface area contributed by atoms with E-state index in [4.69, 9.17) is 9.26 Å². The molecule has 2 N–H and O–H groups in total. The number of anilines is 2. The highest BCUT2D eigenvalue weighted by molar-refractivity contribution is 5.86. The minimum absolute atomic E-state index is 0.127. The maximum Gasteiger partial charge on any atom is 0.412 e. The lowest BCUT2D eigenvalue weighted by Crippen LogP contribution is -2.33.